The first-order chi connectivity index (χ1) is 12.2. The fourth-order valence-corrected chi connectivity index (χ4v) is 3.26. The van der Waals surface area contributed by atoms with Crippen LogP contribution in [0.2, 0.25) is 0 Å². The Balaban J connectivity index is 1.35. The van der Waals surface area contributed by atoms with Crippen LogP contribution in [0.15, 0.2) is 47.0 Å². The number of nitrogens with zero attached hydrogens (tertiary/aromatic N) is 3. The average Bonchev–Trinajstić information content (AvgIpc) is 3.02. The number of para-hydroxylation sites is 1. The van der Waals surface area contributed by atoms with Crippen molar-refractivity contribution in [3.8, 4) is 0 Å². The highest BCUT2D eigenvalue weighted by Crippen LogP contribution is 2.20. The van der Waals surface area contributed by atoms with Crippen molar-refractivity contribution in [1.29, 1.82) is 0 Å². The minimum atomic E-state index is -0.536. The van der Waals surface area contributed by atoms with Gasteiger partial charge in [0.25, 0.3) is 0 Å². The van der Waals surface area contributed by atoms with Crippen molar-refractivity contribution < 1.29 is 13.3 Å². The van der Waals surface area contributed by atoms with E-state index in [0.29, 0.717) is 12.1 Å². The van der Waals surface area contributed by atoms with Crippen LogP contribution in [0.5, 0.6) is 0 Å². The van der Waals surface area contributed by atoms with Crippen LogP contribution in [-0.2, 0) is 13.1 Å². The fourth-order valence-electron chi connectivity index (χ4n) is 3.26. The average molecular weight is 343 g/mol. The van der Waals surface area contributed by atoms with Crippen LogP contribution in [-0.4, -0.2) is 41.1 Å². The van der Waals surface area contributed by atoms with Gasteiger partial charge in [-0.25, -0.2) is 8.78 Å². The van der Waals surface area contributed by atoms with Crippen molar-refractivity contribution in [1.82, 2.24) is 15.0 Å². The zero-order chi connectivity index (χ0) is 17.2. The predicted molar refractivity (Wildman–Crippen MR) is 90.9 cm³/mol. The summed E-state index contributed by atoms with van der Waals surface area (Å²) in [5, 5.41) is 5.23. The maximum absolute atomic E-state index is 13.8. The van der Waals surface area contributed by atoms with Gasteiger partial charge in [0.15, 0.2) is 5.58 Å². The third kappa shape index (κ3) is 3.55. The molecule has 2 heterocycles. The van der Waals surface area contributed by atoms with E-state index in [9.17, 15) is 8.78 Å². The minimum Gasteiger partial charge on any atom is -0.356 e. The monoisotopic (exact) mass is 343 g/mol. The van der Waals surface area contributed by atoms with Gasteiger partial charge in [-0.15, -0.1) is 0 Å². The van der Waals surface area contributed by atoms with Crippen molar-refractivity contribution in [2.75, 3.05) is 26.2 Å². The third-order valence-corrected chi connectivity index (χ3v) is 4.70. The van der Waals surface area contributed by atoms with E-state index in [1.165, 1.54) is 12.1 Å². The molecule has 0 spiro atoms. The lowest BCUT2D eigenvalue weighted by molar-refractivity contribution is 0.119. The zero-order valence-corrected chi connectivity index (χ0v) is 13.8. The van der Waals surface area contributed by atoms with Crippen LogP contribution in [0, 0.1) is 11.6 Å². The molecule has 0 amide bonds. The zero-order valence-electron chi connectivity index (χ0n) is 13.8. The van der Waals surface area contributed by atoms with E-state index in [-0.39, 0.29) is 0 Å². The summed E-state index contributed by atoms with van der Waals surface area (Å²) in [6, 6.07) is 11.6. The van der Waals surface area contributed by atoms with Gasteiger partial charge in [-0.2, -0.15) is 0 Å². The van der Waals surface area contributed by atoms with Gasteiger partial charge in [-0.1, -0.05) is 23.4 Å². The van der Waals surface area contributed by atoms with Crippen molar-refractivity contribution in [3.63, 3.8) is 0 Å². The van der Waals surface area contributed by atoms with E-state index >= 15 is 0 Å². The molecule has 0 unspecified atom stereocenters. The molecule has 0 bridgehead atoms. The van der Waals surface area contributed by atoms with Crippen molar-refractivity contribution in [2.45, 2.75) is 13.1 Å². The number of benzene rings is 2. The van der Waals surface area contributed by atoms with Crippen LogP contribution in [0.25, 0.3) is 11.0 Å². The lowest BCUT2D eigenvalue weighted by Gasteiger charge is -2.34. The van der Waals surface area contributed by atoms with Crippen LogP contribution < -0.4 is 0 Å². The van der Waals surface area contributed by atoms with Crippen LogP contribution in [0.4, 0.5) is 8.78 Å². The highest BCUT2D eigenvalue weighted by atomic mass is 19.1. The van der Waals surface area contributed by atoms with Gasteiger partial charge in [-0.05, 0) is 18.2 Å². The van der Waals surface area contributed by atoms with Crippen LogP contribution in [0.3, 0.4) is 0 Å². The summed E-state index contributed by atoms with van der Waals surface area (Å²) in [7, 11) is 0. The minimum absolute atomic E-state index is 0.475. The molecule has 1 saturated heterocycles. The Kier molecular flexibility index (Phi) is 4.46. The molecule has 0 N–H and O–H groups in total. The first-order valence-corrected chi connectivity index (χ1v) is 8.41. The van der Waals surface area contributed by atoms with Gasteiger partial charge in [0.2, 0.25) is 0 Å². The standard InChI is InChI=1S/C19H19F2N3O/c20-15-6-5-14(17(21)11-15)12-23-7-9-24(10-8-23)13-18-16-3-1-2-4-19(16)25-22-18/h1-6,11H,7-10,12-13H2. The quantitative estimate of drug-likeness (QED) is 0.727. The molecule has 1 fully saturated rings. The van der Waals surface area contributed by atoms with Crippen molar-refractivity contribution >= 4 is 11.0 Å². The Morgan fingerprint density at radius 2 is 1.64 bits per heavy atom. The van der Waals surface area contributed by atoms with E-state index < -0.39 is 11.6 Å². The number of rotatable bonds is 4. The maximum atomic E-state index is 13.8. The molecule has 0 atom stereocenters. The molecule has 4 nitrogen and oxygen atoms in total. The number of aromatic nitrogens is 1. The molecule has 1 aliphatic heterocycles. The van der Waals surface area contributed by atoms with Crippen molar-refractivity contribution in [2.24, 2.45) is 0 Å². The lowest BCUT2D eigenvalue weighted by atomic mass is 10.1. The second kappa shape index (κ2) is 6.90. The van der Waals surface area contributed by atoms with Gasteiger partial charge in [0.1, 0.15) is 17.3 Å². The number of fused-ring (bicyclic) bond motifs is 1. The van der Waals surface area contributed by atoms with Crippen LogP contribution in [0.1, 0.15) is 11.3 Å². The maximum Gasteiger partial charge on any atom is 0.167 e. The Morgan fingerprint density at radius 1 is 0.920 bits per heavy atom. The second-order valence-electron chi connectivity index (χ2n) is 6.41. The highest BCUT2D eigenvalue weighted by Gasteiger charge is 2.20. The Labute approximate surface area is 144 Å². The highest BCUT2D eigenvalue weighted by molar-refractivity contribution is 5.79. The largest absolute Gasteiger partial charge is 0.356 e. The molecule has 3 aromatic rings. The number of halogens is 2. The summed E-state index contributed by atoms with van der Waals surface area (Å²) in [4.78, 5) is 4.51. The van der Waals surface area contributed by atoms with Crippen molar-refractivity contribution in [3.05, 3.63) is 65.4 Å². The van der Waals surface area contributed by atoms with Gasteiger partial charge >= 0.3 is 0 Å². The van der Waals surface area contributed by atoms with Gasteiger partial charge in [-0.3, -0.25) is 9.80 Å². The summed E-state index contributed by atoms with van der Waals surface area (Å²) in [6.45, 7) is 4.69. The number of piperazine rings is 1. The number of hydrogen-bond donors (Lipinski definition) is 0. The normalized spacial score (nSPS) is 16.6. The molecule has 6 heteroatoms. The molecule has 0 saturated carbocycles. The number of hydrogen-bond acceptors (Lipinski definition) is 4. The van der Waals surface area contributed by atoms with Gasteiger partial charge in [0.05, 0.1) is 0 Å². The van der Waals surface area contributed by atoms with E-state index in [0.717, 1.165) is 55.5 Å². The SMILES string of the molecule is Fc1ccc(CN2CCN(Cc3noc4ccccc34)CC2)c(F)c1. The van der Waals surface area contributed by atoms with Gasteiger partial charge in [0, 0.05) is 56.3 Å². The van der Waals surface area contributed by atoms with E-state index in [2.05, 4.69) is 15.0 Å². The summed E-state index contributed by atoms with van der Waals surface area (Å²) < 4.78 is 32.1. The molecular weight excluding hydrogens is 324 g/mol. The van der Waals surface area contributed by atoms with Crippen LogP contribution >= 0.6 is 0 Å². The molecular formula is C19H19F2N3O. The second-order valence-corrected chi connectivity index (χ2v) is 6.41. The lowest BCUT2D eigenvalue weighted by Crippen LogP contribution is -2.45. The predicted octanol–water partition coefficient (Wildman–Crippen LogP) is 3.42. The Bertz CT molecular complexity index is 872. The Hall–Kier alpha value is -2.31. The molecule has 1 aliphatic rings. The summed E-state index contributed by atoms with van der Waals surface area (Å²) in [5.74, 6) is -1.01. The fraction of sp³-hybridized carbons (Fsp3) is 0.316. The Morgan fingerprint density at radius 3 is 2.40 bits per heavy atom. The summed E-state index contributed by atoms with van der Waals surface area (Å²) in [6.07, 6.45) is 0. The third-order valence-electron chi connectivity index (χ3n) is 4.70. The molecule has 130 valence electrons. The molecule has 1 aromatic heterocycles. The summed E-state index contributed by atoms with van der Waals surface area (Å²) >= 11 is 0. The first-order valence-electron chi connectivity index (χ1n) is 8.41. The molecule has 4 rings (SSSR count). The molecule has 0 radical (unpaired) electrons. The molecule has 25 heavy (non-hydrogen) atoms. The van der Waals surface area contributed by atoms with E-state index in [1.807, 2.05) is 24.3 Å². The molecule has 0 aliphatic carbocycles. The topological polar surface area (TPSA) is 32.5 Å². The van der Waals surface area contributed by atoms with E-state index in [1.54, 1.807) is 0 Å². The smallest absolute Gasteiger partial charge is 0.167 e. The van der Waals surface area contributed by atoms with E-state index in [4.69, 9.17) is 4.52 Å². The van der Waals surface area contributed by atoms with Gasteiger partial charge < -0.3 is 4.52 Å². The first kappa shape index (κ1) is 16.2. The summed E-state index contributed by atoms with van der Waals surface area (Å²) in [5.41, 5.74) is 2.30. The molecule has 2 aromatic carbocycles.